The van der Waals surface area contributed by atoms with Gasteiger partial charge in [0, 0.05) is 29.1 Å². The number of amides is 2. The Morgan fingerprint density at radius 2 is 1.74 bits per heavy atom. The molecular formula is C27H24N4O4. The molecule has 4 aromatic rings. The molecule has 0 radical (unpaired) electrons. The van der Waals surface area contributed by atoms with E-state index in [2.05, 4.69) is 20.8 Å². The number of carbonyl (C=O) groups is 2. The average molecular weight is 469 g/mol. The van der Waals surface area contributed by atoms with Gasteiger partial charge in [-0.1, -0.05) is 60.7 Å². The molecule has 2 amide bonds. The number of alkyl carbamates (subject to hydrolysis) is 1. The van der Waals surface area contributed by atoms with Crippen LogP contribution in [0.1, 0.15) is 12.0 Å². The van der Waals surface area contributed by atoms with Crippen LogP contribution in [0.4, 0.5) is 10.5 Å². The Kier molecular flexibility index (Phi) is 6.26. The van der Waals surface area contributed by atoms with Crippen molar-refractivity contribution in [3.05, 3.63) is 94.8 Å². The van der Waals surface area contributed by atoms with E-state index in [9.17, 15) is 14.4 Å². The van der Waals surface area contributed by atoms with Crippen LogP contribution in [0.5, 0.6) is 0 Å². The number of rotatable bonds is 7. The van der Waals surface area contributed by atoms with Gasteiger partial charge in [0.2, 0.25) is 5.91 Å². The second-order valence-corrected chi connectivity index (χ2v) is 8.56. The molecule has 1 aliphatic carbocycles. The molecule has 0 saturated heterocycles. The summed E-state index contributed by atoms with van der Waals surface area (Å²) in [5.74, 6) is -0.182. The molecule has 176 valence electrons. The van der Waals surface area contributed by atoms with Crippen LogP contribution in [0.2, 0.25) is 0 Å². The van der Waals surface area contributed by atoms with Crippen LogP contribution in [0.15, 0.2) is 83.7 Å². The van der Waals surface area contributed by atoms with Crippen molar-refractivity contribution in [1.82, 2.24) is 15.5 Å². The van der Waals surface area contributed by atoms with Gasteiger partial charge in [-0.3, -0.25) is 9.59 Å². The maximum absolute atomic E-state index is 12.7. The summed E-state index contributed by atoms with van der Waals surface area (Å²) in [5, 5.41) is 13.8. The zero-order valence-electron chi connectivity index (χ0n) is 18.9. The van der Waals surface area contributed by atoms with Gasteiger partial charge in [-0.2, -0.15) is 5.10 Å². The highest BCUT2D eigenvalue weighted by Gasteiger charge is 2.43. The number of benzene rings is 3. The Balaban J connectivity index is 1.16. The molecule has 0 spiro atoms. The number of nitrogens with zero attached hydrogens (tertiary/aromatic N) is 1. The smallest absolute Gasteiger partial charge is 0.407 e. The van der Waals surface area contributed by atoms with Crippen LogP contribution in [0.3, 0.4) is 0 Å². The monoisotopic (exact) mass is 468 g/mol. The van der Waals surface area contributed by atoms with E-state index in [0.717, 1.165) is 16.5 Å². The van der Waals surface area contributed by atoms with Gasteiger partial charge in [0.1, 0.15) is 6.61 Å². The molecule has 0 bridgehead atoms. The normalized spacial score (nSPS) is 16.5. The van der Waals surface area contributed by atoms with Gasteiger partial charge in [-0.25, -0.2) is 9.89 Å². The van der Waals surface area contributed by atoms with E-state index < -0.39 is 6.09 Å². The lowest BCUT2D eigenvalue weighted by Gasteiger charge is -2.09. The fraction of sp³-hybridized carbons (Fsp3) is 0.185. The van der Waals surface area contributed by atoms with Crippen molar-refractivity contribution in [3.8, 4) is 11.3 Å². The van der Waals surface area contributed by atoms with Crippen LogP contribution in [-0.4, -0.2) is 28.7 Å². The fourth-order valence-electron chi connectivity index (χ4n) is 4.10. The van der Waals surface area contributed by atoms with Crippen molar-refractivity contribution in [2.75, 3.05) is 11.9 Å². The lowest BCUT2D eigenvalue weighted by Crippen LogP contribution is -2.27. The van der Waals surface area contributed by atoms with Gasteiger partial charge >= 0.3 is 6.09 Å². The lowest BCUT2D eigenvalue weighted by molar-refractivity contribution is -0.117. The molecule has 1 saturated carbocycles. The number of ether oxygens (including phenoxy) is 1. The van der Waals surface area contributed by atoms with E-state index in [4.69, 9.17) is 4.74 Å². The molecule has 3 aromatic carbocycles. The number of H-pyrrole nitrogens is 1. The largest absolute Gasteiger partial charge is 0.445 e. The van der Waals surface area contributed by atoms with Crippen molar-refractivity contribution >= 4 is 28.5 Å². The molecule has 1 fully saturated rings. The van der Waals surface area contributed by atoms with Crippen molar-refractivity contribution in [3.63, 3.8) is 0 Å². The molecular weight excluding hydrogens is 444 g/mol. The third kappa shape index (κ3) is 5.22. The number of aromatic amines is 1. The second kappa shape index (κ2) is 9.80. The minimum Gasteiger partial charge on any atom is -0.445 e. The Morgan fingerprint density at radius 3 is 2.57 bits per heavy atom. The number of nitrogens with one attached hydrogen (secondary N) is 3. The van der Waals surface area contributed by atoms with Crippen LogP contribution >= 0.6 is 0 Å². The third-order valence-electron chi connectivity index (χ3n) is 6.08. The summed E-state index contributed by atoms with van der Waals surface area (Å²) in [7, 11) is 0. The lowest BCUT2D eigenvalue weighted by atomic mass is 10.0. The predicted molar refractivity (Wildman–Crippen MR) is 133 cm³/mol. The molecule has 3 N–H and O–H groups in total. The second-order valence-electron chi connectivity index (χ2n) is 8.56. The van der Waals surface area contributed by atoms with Gasteiger partial charge in [0.25, 0.3) is 5.56 Å². The maximum atomic E-state index is 12.7. The SMILES string of the molecule is O=C(NC[C@H]1C[C@@H]1C(=O)Nc1cccc(-c2n[nH]c(=O)c3ccccc23)c1)OCc1ccccc1. The summed E-state index contributed by atoms with van der Waals surface area (Å²) in [6.07, 6.45) is 0.213. The highest BCUT2D eigenvalue weighted by molar-refractivity contribution is 5.97. The molecule has 1 aliphatic rings. The quantitative estimate of drug-likeness (QED) is 0.378. The summed E-state index contributed by atoms with van der Waals surface area (Å²) in [6.45, 7) is 0.593. The molecule has 8 nitrogen and oxygen atoms in total. The molecule has 35 heavy (non-hydrogen) atoms. The Hall–Kier alpha value is -4.46. The number of anilines is 1. The average Bonchev–Trinajstić information content (AvgIpc) is 3.67. The van der Waals surface area contributed by atoms with Gasteiger partial charge in [0.15, 0.2) is 0 Å². The van der Waals surface area contributed by atoms with E-state index in [-0.39, 0.29) is 29.9 Å². The first-order chi connectivity index (χ1) is 17.1. The fourth-order valence-corrected chi connectivity index (χ4v) is 4.10. The van der Waals surface area contributed by atoms with Crippen molar-refractivity contribution in [2.24, 2.45) is 11.8 Å². The van der Waals surface area contributed by atoms with E-state index in [1.807, 2.05) is 72.8 Å². The molecule has 0 unspecified atom stereocenters. The zero-order valence-corrected chi connectivity index (χ0v) is 18.9. The van der Waals surface area contributed by atoms with Crippen LogP contribution in [-0.2, 0) is 16.1 Å². The molecule has 5 rings (SSSR count). The van der Waals surface area contributed by atoms with Gasteiger partial charge < -0.3 is 15.4 Å². The molecule has 1 aromatic heterocycles. The van der Waals surface area contributed by atoms with E-state index in [0.29, 0.717) is 29.7 Å². The summed E-state index contributed by atoms with van der Waals surface area (Å²) >= 11 is 0. The van der Waals surface area contributed by atoms with Gasteiger partial charge in [-0.15, -0.1) is 0 Å². The highest BCUT2D eigenvalue weighted by atomic mass is 16.5. The first kappa shape index (κ1) is 22.3. The Labute approximate surface area is 201 Å². The highest BCUT2D eigenvalue weighted by Crippen LogP contribution is 2.39. The minimum atomic E-state index is -0.492. The summed E-state index contributed by atoms with van der Waals surface area (Å²) < 4.78 is 5.21. The summed E-state index contributed by atoms with van der Waals surface area (Å²) in [6, 6.07) is 24.1. The van der Waals surface area contributed by atoms with Crippen LogP contribution in [0.25, 0.3) is 22.0 Å². The van der Waals surface area contributed by atoms with Crippen molar-refractivity contribution < 1.29 is 14.3 Å². The standard InChI is InChI=1S/C27H24N4O4/c32-25(23-14-19(23)15-28-27(34)35-16-17-7-2-1-3-8-17)29-20-10-6-9-18(13-20)24-21-11-4-5-12-22(21)26(33)31-30-24/h1-13,19,23H,14-16H2,(H,28,34)(H,29,32)(H,31,33)/t19-,23+/m1/s1. The summed E-state index contributed by atoms with van der Waals surface area (Å²) in [4.78, 5) is 36.7. The first-order valence-corrected chi connectivity index (χ1v) is 11.4. The van der Waals surface area contributed by atoms with E-state index in [1.165, 1.54) is 0 Å². The number of carbonyl (C=O) groups excluding carboxylic acids is 2. The zero-order chi connectivity index (χ0) is 24.2. The predicted octanol–water partition coefficient (Wildman–Crippen LogP) is 4.09. The third-order valence-corrected chi connectivity index (χ3v) is 6.08. The van der Waals surface area contributed by atoms with E-state index >= 15 is 0 Å². The summed E-state index contributed by atoms with van der Waals surface area (Å²) in [5.41, 5.74) is 2.74. The van der Waals surface area contributed by atoms with Crippen molar-refractivity contribution in [2.45, 2.75) is 13.0 Å². The van der Waals surface area contributed by atoms with Crippen LogP contribution in [0, 0.1) is 11.8 Å². The van der Waals surface area contributed by atoms with E-state index in [1.54, 1.807) is 6.07 Å². The number of hydrogen-bond acceptors (Lipinski definition) is 5. The number of hydrogen-bond donors (Lipinski definition) is 3. The minimum absolute atomic E-state index is 0.0762. The van der Waals surface area contributed by atoms with Crippen LogP contribution < -0.4 is 16.2 Å². The maximum Gasteiger partial charge on any atom is 0.407 e. The van der Waals surface area contributed by atoms with Gasteiger partial charge in [-0.05, 0) is 36.1 Å². The molecule has 8 heteroatoms. The molecule has 1 heterocycles. The van der Waals surface area contributed by atoms with Crippen molar-refractivity contribution in [1.29, 1.82) is 0 Å². The molecule has 2 atom stereocenters. The Morgan fingerprint density at radius 1 is 0.971 bits per heavy atom. The molecule has 0 aliphatic heterocycles. The topological polar surface area (TPSA) is 113 Å². The first-order valence-electron chi connectivity index (χ1n) is 11.4. The number of aromatic nitrogens is 2. The Bertz CT molecular complexity index is 1430. The van der Waals surface area contributed by atoms with Gasteiger partial charge in [0.05, 0.1) is 11.1 Å². The number of fused-ring (bicyclic) bond motifs is 1.